The largest absolute Gasteiger partial charge is 0.497 e. The second-order valence-electron chi connectivity index (χ2n) is 22.8. The zero-order valence-electron chi connectivity index (χ0n) is 42.4. The molecule has 1 saturated heterocycles. The van der Waals surface area contributed by atoms with Crippen LogP contribution in [-0.4, -0.2) is 74.2 Å². The van der Waals surface area contributed by atoms with Crippen LogP contribution in [0.2, 0.25) is 0 Å². The zero-order valence-corrected chi connectivity index (χ0v) is 42.4. The van der Waals surface area contributed by atoms with Crippen molar-refractivity contribution in [1.82, 2.24) is 10.2 Å². The van der Waals surface area contributed by atoms with Crippen LogP contribution in [-0.2, 0) is 19.7 Å². The van der Waals surface area contributed by atoms with Gasteiger partial charge in [0.15, 0.2) is 0 Å². The van der Waals surface area contributed by atoms with Crippen molar-refractivity contribution in [2.24, 2.45) is 52.3 Å². The van der Waals surface area contributed by atoms with E-state index >= 15 is 0 Å². The average Bonchev–Trinajstić information content (AvgIpc) is 3.91. The van der Waals surface area contributed by atoms with Gasteiger partial charge in [-0.3, -0.25) is 4.79 Å². The van der Waals surface area contributed by atoms with Crippen LogP contribution in [0.5, 0.6) is 5.75 Å². The van der Waals surface area contributed by atoms with Crippen molar-refractivity contribution < 1.29 is 28.9 Å². The number of hydrogen-bond donors (Lipinski definition) is 2. The summed E-state index contributed by atoms with van der Waals surface area (Å²) in [4.78, 5) is 28.2. The predicted octanol–water partition coefficient (Wildman–Crippen LogP) is 12.6. The molecule has 0 radical (unpaired) electrons. The number of fused-ring (bicyclic) bond motifs is 5. The lowest BCUT2D eigenvalue weighted by molar-refractivity contribution is -0.130. The van der Waals surface area contributed by atoms with E-state index < -0.39 is 11.5 Å². The zero-order chi connectivity index (χ0) is 47.9. The van der Waals surface area contributed by atoms with E-state index in [1.165, 1.54) is 51.4 Å². The third kappa shape index (κ3) is 10.8. The van der Waals surface area contributed by atoms with Gasteiger partial charge in [-0.1, -0.05) is 145 Å². The van der Waals surface area contributed by atoms with Gasteiger partial charge in [-0.25, -0.2) is 4.79 Å². The number of likely N-dealkylation sites (tertiary alicyclic amines) is 1. The summed E-state index contributed by atoms with van der Waals surface area (Å²) in [6.07, 6.45) is 18.2. The molecule has 1 aliphatic heterocycles. The van der Waals surface area contributed by atoms with Crippen molar-refractivity contribution >= 4 is 12.0 Å². The van der Waals surface area contributed by atoms with Gasteiger partial charge in [-0.2, -0.15) is 0 Å². The molecule has 1 heterocycles. The van der Waals surface area contributed by atoms with Crippen molar-refractivity contribution in [2.75, 3.05) is 40.0 Å². The first kappa shape index (κ1) is 50.3. The molecule has 2 amide bonds. The van der Waals surface area contributed by atoms with Crippen molar-refractivity contribution in [3.63, 3.8) is 0 Å². The Bertz CT molecular complexity index is 2080. The summed E-state index contributed by atoms with van der Waals surface area (Å²) in [5.41, 5.74) is 4.98. The molecular weight excluding hydrogens is 845 g/mol. The van der Waals surface area contributed by atoms with E-state index in [4.69, 9.17) is 14.2 Å². The molecule has 68 heavy (non-hydrogen) atoms. The summed E-state index contributed by atoms with van der Waals surface area (Å²) < 4.78 is 18.2. The number of nitrogens with one attached hydrogen (secondary N) is 1. The first-order valence-electron chi connectivity index (χ1n) is 26.8. The van der Waals surface area contributed by atoms with Crippen molar-refractivity contribution in [3.8, 4) is 5.75 Å². The fourth-order valence-electron chi connectivity index (χ4n) is 14.5. The van der Waals surface area contributed by atoms with Crippen LogP contribution in [0.3, 0.4) is 0 Å². The van der Waals surface area contributed by atoms with Crippen LogP contribution in [0.15, 0.2) is 96.6 Å². The molecular formula is C60H84N2O6. The van der Waals surface area contributed by atoms with E-state index in [2.05, 4.69) is 107 Å². The predicted molar refractivity (Wildman–Crippen MR) is 272 cm³/mol. The van der Waals surface area contributed by atoms with E-state index in [0.717, 1.165) is 96.5 Å². The summed E-state index contributed by atoms with van der Waals surface area (Å²) in [5, 5.41) is 14.1. The normalized spacial score (nSPS) is 29.4. The Kier molecular flexibility index (Phi) is 16.5. The molecule has 4 fully saturated rings. The average molecular weight is 929 g/mol. The smallest absolute Gasteiger partial charge is 0.407 e. The molecule has 370 valence electrons. The summed E-state index contributed by atoms with van der Waals surface area (Å²) >= 11 is 0. The Labute approximate surface area is 409 Å². The third-order valence-corrected chi connectivity index (χ3v) is 18.4. The van der Waals surface area contributed by atoms with Crippen molar-refractivity contribution in [2.45, 2.75) is 149 Å². The minimum absolute atomic E-state index is 0.0597. The molecule has 4 aliphatic carbocycles. The highest BCUT2D eigenvalue weighted by atomic mass is 16.6. The van der Waals surface area contributed by atoms with Gasteiger partial charge in [0.25, 0.3) is 0 Å². The number of carbonyl (C=O) groups is 2. The molecule has 0 spiro atoms. The van der Waals surface area contributed by atoms with E-state index in [1.54, 1.807) is 17.6 Å². The Morgan fingerprint density at radius 1 is 0.809 bits per heavy atom. The molecule has 3 saturated carbocycles. The molecule has 3 aromatic carbocycles. The third-order valence-electron chi connectivity index (χ3n) is 18.4. The number of aliphatic hydroxyl groups excluding tert-OH is 1. The Balaban J connectivity index is 0.749. The quantitative estimate of drug-likeness (QED) is 0.0665. The van der Waals surface area contributed by atoms with E-state index in [9.17, 15) is 14.7 Å². The second-order valence-corrected chi connectivity index (χ2v) is 22.8. The number of benzene rings is 3. The van der Waals surface area contributed by atoms with Crippen molar-refractivity contribution in [3.05, 3.63) is 113 Å². The number of β-amino-alcohol motifs (C(OH)–C–C–N with tert-alkyl or cyclic N) is 1. The van der Waals surface area contributed by atoms with Crippen LogP contribution < -0.4 is 10.1 Å². The summed E-state index contributed by atoms with van der Waals surface area (Å²) in [5.74, 6) is 5.58. The Hall–Kier alpha value is -4.14. The topological polar surface area (TPSA) is 97.3 Å². The maximum atomic E-state index is 13.4. The molecule has 3 aromatic rings. The first-order valence-corrected chi connectivity index (χ1v) is 26.8. The van der Waals surface area contributed by atoms with Gasteiger partial charge < -0.3 is 29.5 Å². The van der Waals surface area contributed by atoms with E-state index in [-0.39, 0.29) is 29.4 Å². The molecule has 8 heteroatoms. The lowest BCUT2D eigenvalue weighted by Crippen LogP contribution is -2.51. The minimum Gasteiger partial charge on any atom is -0.497 e. The van der Waals surface area contributed by atoms with Crippen molar-refractivity contribution in [1.29, 1.82) is 0 Å². The highest BCUT2D eigenvalue weighted by Crippen LogP contribution is 2.67. The number of alkyl carbamates (subject to hydrolysis) is 1. The fourth-order valence-corrected chi connectivity index (χ4v) is 14.5. The minimum atomic E-state index is -0.649. The molecule has 10 atom stereocenters. The number of hydrogen-bond acceptors (Lipinski definition) is 6. The monoisotopic (exact) mass is 929 g/mol. The molecule has 6 unspecified atom stereocenters. The highest BCUT2D eigenvalue weighted by Gasteiger charge is 2.59. The number of amides is 2. The SMILES string of the molecule is COc1ccc(C(COCC2CN(C(=O)CCCCCNC(=O)O[C@H]3CC[C@@]4(C)C(=CCC5C4CC[C@@]4(C)C5CC[C@@H]4C(C)CCCC(C)C)C3)CC2O)(c2ccccc2)c2ccccc2)cc1. The highest BCUT2D eigenvalue weighted by molar-refractivity contribution is 5.76. The number of allylic oxidation sites excluding steroid dienone is 1. The number of aliphatic hydroxyl groups is 1. The summed E-state index contributed by atoms with van der Waals surface area (Å²) in [7, 11) is 1.67. The lowest BCUT2D eigenvalue weighted by atomic mass is 9.47. The number of nitrogens with zero attached hydrogens (tertiary/aromatic N) is 1. The molecule has 8 rings (SSSR count). The Morgan fingerprint density at radius 3 is 2.21 bits per heavy atom. The molecule has 5 aliphatic rings. The van der Waals surface area contributed by atoms with Crippen LogP contribution in [0.4, 0.5) is 4.79 Å². The van der Waals surface area contributed by atoms with E-state index in [0.29, 0.717) is 44.7 Å². The van der Waals surface area contributed by atoms with Crippen LogP contribution in [0.1, 0.15) is 148 Å². The number of rotatable bonds is 20. The number of ether oxygens (including phenoxy) is 3. The van der Waals surface area contributed by atoms with Crippen LogP contribution >= 0.6 is 0 Å². The summed E-state index contributed by atoms with van der Waals surface area (Å²) in [6, 6.07) is 29.0. The second kappa shape index (κ2) is 22.3. The van der Waals surface area contributed by atoms with Gasteiger partial charge in [0.1, 0.15) is 11.9 Å². The summed E-state index contributed by atoms with van der Waals surface area (Å²) in [6.45, 7) is 14.5. The van der Waals surface area contributed by atoms with Crippen LogP contribution in [0, 0.1) is 52.3 Å². The number of carbonyl (C=O) groups excluding carboxylic acids is 2. The Morgan fingerprint density at radius 2 is 1.51 bits per heavy atom. The van der Waals surface area contributed by atoms with Gasteiger partial charge in [-0.05, 0) is 133 Å². The maximum Gasteiger partial charge on any atom is 0.407 e. The molecule has 0 bridgehead atoms. The molecule has 0 aromatic heterocycles. The lowest BCUT2D eigenvalue weighted by Gasteiger charge is -2.58. The number of methoxy groups -OCH3 is 1. The first-order chi connectivity index (χ1) is 32.9. The van der Waals surface area contributed by atoms with Crippen LogP contribution in [0.25, 0.3) is 0 Å². The maximum absolute atomic E-state index is 13.4. The van der Waals surface area contributed by atoms with Gasteiger partial charge in [0.05, 0.1) is 31.8 Å². The van der Waals surface area contributed by atoms with Gasteiger partial charge in [0, 0.05) is 38.4 Å². The van der Waals surface area contributed by atoms with Gasteiger partial charge >= 0.3 is 6.09 Å². The number of unbranched alkanes of at least 4 members (excludes halogenated alkanes) is 2. The fraction of sp³-hybridized carbons (Fsp3) is 0.633. The standard InChI is InChI=1S/C60H84N2O6/c1-42(2)17-16-18-43(3)52-30-31-53-51-29-26-48-37-50(32-34-58(48,4)54(51)33-35-59(52,53)5)68-57(65)61-36-15-9-14-23-56(64)62-38-44(55(63)39-62)40-67-41-60(45-19-10-7-11-20-45,46-21-12-8-13-22-46)47-24-27-49(66-6)28-25-47/h7-8,10-13,19-22,24-28,42-44,50-55,63H,9,14-18,23,29-41H2,1-6H3,(H,61,65)/t43?,44?,50-,51?,52+,53?,54?,55?,58-,59+/m0/s1. The van der Waals surface area contributed by atoms with Gasteiger partial charge in [0.2, 0.25) is 5.91 Å². The molecule has 8 nitrogen and oxygen atoms in total. The van der Waals surface area contributed by atoms with Gasteiger partial charge in [-0.15, -0.1) is 0 Å². The van der Waals surface area contributed by atoms with E-state index in [1.807, 2.05) is 24.3 Å². The molecule has 2 N–H and O–H groups in total.